The number of hydrogen-bond donors (Lipinski definition) is 2. The highest BCUT2D eigenvalue weighted by Gasteiger charge is 2.28. The highest BCUT2D eigenvalue weighted by atomic mass is 35.5. The zero-order valence-corrected chi connectivity index (χ0v) is 13.0. The molecule has 0 aliphatic rings. The first-order valence-electron chi connectivity index (χ1n) is 6.90. The van der Waals surface area contributed by atoms with Crippen molar-refractivity contribution in [2.45, 2.75) is 45.3 Å². The van der Waals surface area contributed by atoms with Gasteiger partial charge in [0.1, 0.15) is 5.75 Å². The zero-order valence-electron chi connectivity index (χ0n) is 12.3. The zero-order chi connectivity index (χ0) is 15.2. The van der Waals surface area contributed by atoms with Crippen molar-refractivity contribution >= 4 is 17.5 Å². The Kier molecular flexibility index (Phi) is 6.30. The molecule has 0 radical (unpaired) electrons. The molecule has 1 aromatic rings. The molecule has 0 aliphatic heterocycles. The van der Waals surface area contributed by atoms with E-state index in [-0.39, 0.29) is 11.4 Å². The fraction of sp³-hybridized carbons (Fsp3) is 0.533. The molecule has 0 spiro atoms. The number of ether oxygens (including phenoxy) is 1. The maximum atomic E-state index is 12.2. The summed E-state index contributed by atoms with van der Waals surface area (Å²) in [5.41, 5.74) is 5.42. The van der Waals surface area contributed by atoms with Crippen LogP contribution in [0.25, 0.3) is 0 Å². The van der Waals surface area contributed by atoms with Crippen molar-refractivity contribution in [3.05, 3.63) is 29.3 Å². The van der Waals surface area contributed by atoms with Crippen LogP contribution in [0.2, 0.25) is 5.02 Å². The van der Waals surface area contributed by atoms with Crippen LogP contribution in [0.15, 0.2) is 24.3 Å². The van der Waals surface area contributed by atoms with Gasteiger partial charge in [-0.25, -0.2) is 0 Å². The van der Waals surface area contributed by atoms with Crippen molar-refractivity contribution in [1.82, 2.24) is 5.32 Å². The summed E-state index contributed by atoms with van der Waals surface area (Å²) in [7, 11) is 0. The van der Waals surface area contributed by atoms with Gasteiger partial charge < -0.3 is 15.8 Å². The predicted molar refractivity (Wildman–Crippen MR) is 82.1 cm³/mol. The lowest BCUT2D eigenvalue weighted by Crippen LogP contribution is -2.55. The Labute approximate surface area is 125 Å². The van der Waals surface area contributed by atoms with E-state index in [1.165, 1.54) is 0 Å². The molecule has 0 aromatic heterocycles. The molecule has 5 heteroatoms. The van der Waals surface area contributed by atoms with Gasteiger partial charge in [0.05, 0.1) is 5.54 Å². The molecule has 1 unspecified atom stereocenters. The molecule has 0 saturated carbocycles. The van der Waals surface area contributed by atoms with E-state index < -0.39 is 6.10 Å². The van der Waals surface area contributed by atoms with Crippen LogP contribution in [0.4, 0.5) is 0 Å². The minimum atomic E-state index is -0.600. The molecule has 0 bridgehead atoms. The van der Waals surface area contributed by atoms with Gasteiger partial charge in [-0.05, 0) is 38.0 Å². The Morgan fingerprint density at radius 1 is 1.45 bits per heavy atom. The molecule has 1 amide bonds. The molecule has 0 fully saturated rings. The van der Waals surface area contributed by atoms with E-state index in [0.717, 1.165) is 12.8 Å². The van der Waals surface area contributed by atoms with Gasteiger partial charge in [-0.2, -0.15) is 0 Å². The van der Waals surface area contributed by atoms with Crippen molar-refractivity contribution in [2.75, 3.05) is 6.54 Å². The predicted octanol–water partition coefficient (Wildman–Crippen LogP) is 2.74. The molecule has 0 saturated heterocycles. The number of nitrogens with two attached hydrogens (primary N) is 1. The molecule has 1 rings (SSSR count). The van der Waals surface area contributed by atoms with Crippen LogP contribution in [0.1, 0.15) is 33.6 Å². The highest BCUT2D eigenvalue weighted by Crippen LogP contribution is 2.19. The van der Waals surface area contributed by atoms with E-state index in [0.29, 0.717) is 17.3 Å². The van der Waals surface area contributed by atoms with E-state index in [1.807, 2.05) is 13.8 Å². The molecular formula is C15H23ClN2O2. The van der Waals surface area contributed by atoms with Crippen LogP contribution in [-0.4, -0.2) is 24.1 Å². The third-order valence-electron chi connectivity index (χ3n) is 3.61. The minimum Gasteiger partial charge on any atom is -0.481 e. The topological polar surface area (TPSA) is 64.3 Å². The van der Waals surface area contributed by atoms with Crippen molar-refractivity contribution < 1.29 is 9.53 Å². The summed E-state index contributed by atoms with van der Waals surface area (Å²) in [6, 6.07) is 6.99. The van der Waals surface area contributed by atoms with Gasteiger partial charge >= 0.3 is 0 Å². The minimum absolute atomic E-state index is 0.167. The van der Waals surface area contributed by atoms with Gasteiger partial charge in [0, 0.05) is 11.6 Å². The summed E-state index contributed by atoms with van der Waals surface area (Å²) in [6.07, 6.45) is 0.975. The molecule has 1 atom stereocenters. The standard InChI is InChI=1S/C15H23ClN2O2/c1-4-15(5-2,10-17)18-14(19)11(3)20-13-8-6-7-12(16)9-13/h6-9,11H,4-5,10,17H2,1-3H3,(H,18,19). The van der Waals surface area contributed by atoms with Crippen molar-refractivity contribution in [1.29, 1.82) is 0 Å². The van der Waals surface area contributed by atoms with Gasteiger partial charge in [-0.15, -0.1) is 0 Å². The average molecular weight is 299 g/mol. The van der Waals surface area contributed by atoms with Crippen molar-refractivity contribution in [3.63, 3.8) is 0 Å². The Bertz CT molecular complexity index is 439. The third kappa shape index (κ3) is 4.39. The van der Waals surface area contributed by atoms with Crippen LogP contribution in [0, 0.1) is 0 Å². The summed E-state index contributed by atoms with van der Waals surface area (Å²) >= 11 is 5.88. The van der Waals surface area contributed by atoms with Gasteiger partial charge in [0.25, 0.3) is 5.91 Å². The molecule has 0 heterocycles. The summed E-state index contributed by atoms with van der Waals surface area (Å²) in [5, 5.41) is 3.57. The quantitative estimate of drug-likeness (QED) is 0.813. The van der Waals surface area contributed by atoms with E-state index in [9.17, 15) is 4.79 Å². The average Bonchev–Trinajstić information content (AvgIpc) is 2.44. The SMILES string of the molecule is CCC(CC)(CN)NC(=O)C(C)Oc1cccc(Cl)c1. The van der Waals surface area contributed by atoms with Gasteiger partial charge in [-0.3, -0.25) is 4.79 Å². The Morgan fingerprint density at radius 3 is 2.60 bits per heavy atom. The number of rotatable bonds is 7. The first kappa shape index (κ1) is 16.8. The largest absolute Gasteiger partial charge is 0.481 e. The lowest BCUT2D eigenvalue weighted by Gasteiger charge is -2.32. The normalized spacial score (nSPS) is 12.8. The number of halogens is 1. The number of amides is 1. The highest BCUT2D eigenvalue weighted by molar-refractivity contribution is 6.30. The number of benzene rings is 1. The second-order valence-electron chi connectivity index (χ2n) is 4.90. The number of nitrogens with one attached hydrogen (secondary N) is 1. The number of carbonyl (C=O) groups excluding carboxylic acids is 1. The number of carbonyl (C=O) groups is 1. The van der Waals surface area contributed by atoms with Crippen molar-refractivity contribution in [3.8, 4) is 5.75 Å². The van der Waals surface area contributed by atoms with E-state index in [2.05, 4.69) is 5.32 Å². The smallest absolute Gasteiger partial charge is 0.261 e. The van der Waals surface area contributed by atoms with E-state index >= 15 is 0 Å². The van der Waals surface area contributed by atoms with Gasteiger partial charge in [-0.1, -0.05) is 31.5 Å². The lowest BCUT2D eigenvalue weighted by atomic mass is 9.92. The molecule has 20 heavy (non-hydrogen) atoms. The molecule has 112 valence electrons. The van der Waals surface area contributed by atoms with Gasteiger partial charge in [0.15, 0.2) is 6.10 Å². The molecule has 0 aliphatic carbocycles. The maximum absolute atomic E-state index is 12.2. The number of hydrogen-bond acceptors (Lipinski definition) is 3. The van der Waals surface area contributed by atoms with E-state index in [4.69, 9.17) is 22.1 Å². The monoisotopic (exact) mass is 298 g/mol. The lowest BCUT2D eigenvalue weighted by molar-refractivity contribution is -0.129. The fourth-order valence-electron chi connectivity index (χ4n) is 1.93. The van der Waals surface area contributed by atoms with Crippen LogP contribution >= 0.6 is 11.6 Å². The Hall–Kier alpha value is -1.26. The fourth-order valence-corrected chi connectivity index (χ4v) is 2.11. The summed E-state index contributed by atoms with van der Waals surface area (Å²) < 4.78 is 5.60. The Morgan fingerprint density at radius 2 is 2.10 bits per heavy atom. The Balaban J connectivity index is 2.67. The first-order chi connectivity index (χ1) is 9.46. The molecular weight excluding hydrogens is 276 g/mol. The van der Waals surface area contributed by atoms with Gasteiger partial charge in [0.2, 0.25) is 0 Å². The maximum Gasteiger partial charge on any atom is 0.261 e. The van der Waals surface area contributed by atoms with Crippen LogP contribution in [0.5, 0.6) is 5.75 Å². The van der Waals surface area contributed by atoms with Crippen LogP contribution < -0.4 is 15.8 Å². The first-order valence-corrected chi connectivity index (χ1v) is 7.28. The van der Waals surface area contributed by atoms with Crippen LogP contribution in [-0.2, 0) is 4.79 Å². The van der Waals surface area contributed by atoms with Crippen LogP contribution in [0.3, 0.4) is 0 Å². The molecule has 3 N–H and O–H groups in total. The van der Waals surface area contributed by atoms with Crippen molar-refractivity contribution in [2.24, 2.45) is 5.73 Å². The van der Waals surface area contributed by atoms with E-state index in [1.54, 1.807) is 31.2 Å². The second-order valence-corrected chi connectivity index (χ2v) is 5.33. The molecule has 4 nitrogen and oxygen atoms in total. The summed E-state index contributed by atoms with van der Waals surface area (Å²) in [4.78, 5) is 12.2. The molecule has 1 aromatic carbocycles. The summed E-state index contributed by atoms with van der Waals surface area (Å²) in [6.45, 7) is 6.15. The summed E-state index contributed by atoms with van der Waals surface area (Å²) in [5.74, 6) is 0.408. The third-order valence-corrected chi connectivity index (χ3v) is 3.85. The second kappa shape index (κ2) is 7.50.